The largest absolute Gasteiger partial charge is 0.392 e. The van der Waals surface area contributed by atoms with Gasteiger partial charge in [0.15, 0.2) is 16.6 Å². The standard InChI is InChI=1S/C11H11FN2O5S/c1-2-11(4-15)7(17)6(16)9(19-11)14-3-5(12)8(18)13-10(14)20/h1,3,6-7,9,15-17H,4H2,(H,13,18,20)/t6-,7?,9+,11+/m0/s1. The van der Waals surface area contributed by atoms with Crippen molar-refractivity contribution in [3.05, 3.63) is 27.1 Å². The maximum Gasteiger partial charge on any atom is 0.287 e. The molecule has 4 N–H and O–H groups in total. The van der Waals surface area contributed by atoms with Gasteiger partial charge in [-0.1, -0.05) is 5.92 Å². The molecule has 2 heterocycles. The summed E-state index contributed by atoms with van der Waals surface area (Å²) >= 11 is 4.83. The van der Waals surface area contributed by atoms with Crippen molar-refractivity contribution in [2.75, 3.05) is 6.61 Å². The summed E-state index contributed by atoms with van der Waals surface area (Å²) in [7, 11) is 0. The van der Waals surface area contributed by atoms with E-state index in [9.17, 15) is 24.5 Å². The van der Waals surface area contributed by atoms with Crippen LogP contribution in [0.4, 0.5) is 4.39 Å². The zero-order valence-electron chi connectivity index (χ0n) is 9.99. The molecule has 4 atom stereocenters. The summed E-state index contributed by atoms with van der Waals surface area (Å²) in [5.74, 6) is 0.910. The van der Waals surface area contributed by atoms with Crippen molar-refractivity contribution in [1.29, 1.82) is 0 Å². The molecule has 0 aliphatic carbocycles. The Bertz CT molecular complexity index is 681. The molecule has 7 nitrogen and oxygen atoms in total. The van der Waals surface area contributed by atoms with Crippen LogP contribution in [0.2, 0.25) is 0 Å². The van der Waals surface area contributed by atoms with Crippen molar-refractivity contribution < 1.29 is 24.4 Å². The zero-order valence-corrected chi connectivity index (χ0v) is 10.8. The maximum atomic E-state index is 13.3. The third kappa shape index (κ3) is 2.07. The molecule has 0 saturated carbocycles. The van der Waals surface area contributed by atoms with E-state index in [0.717, 1.165) is 10.8 Å². The molecule has 20 heavy (non-hydrogen) atoms. The first kappa shape index (κ1) is 14.8. The van der Waals surface area contributed by atoms with E-state index in [2.05, 4.69) is 5.92 Å². The summed E-state index contributed by atoms with van der Waals surface area (Å²) in [6.45, 7) is -0.753. The van der Waals surface area contributed by atoms with E-state index in [1.807, 2.05) is 4.98 Å². The first-order chi connectivity index (χ1) is 9.36. The number of nitrogens with zero attached hydrogens (tertiary/aromatic N) is 1. The SMILES string of the molecule is C#C[C@]1(CO)O[C@@H](n2cc(F)c(=O)[nH]c2=S)[C@@H](O)C1O. The highest BCUT2D eigenvalue weighted by Gasteiger charge is 2.54. The van der Waals surface area contributed by atoms with Crippen LogP contribution in [0.3, 0.4) is 0 Å². The number of nitrogens with one attached hydrogen (secondary N) is 1. The molecule has 1 aliphatic heterocycles. The maximum absolute atomic E-state index is 13.3. The van der Waals surface area contributed by atoms with Crippen LogP contribution < -0.4 is 5.56 Å². The van der Waals surface area contributed by atoms with E-state index in [1.54, 1.807) is 0 Å². The van der Waals surface area contributed by atoms with Crippen molar-refractivity contribution >= 4 is 12.2 Å². The van der Waals surface area contributed by atoms with Gasteiger partial charge in [-0.2, -0.15) is 4.39 Å². The molecule has 1 fully saturated rings. The van der Waals surface area contributed by atoms with E-state index in [4.69, 9.17) is 23.4 Å². The minimum atomic E-state index is -1.83. The summed E-state index contributed by atoms with van der Waals surface area (Å²) in [5.41, 5.74) is -2.85. The first-order valence-electron chi connectivity index (χ1n) is 5.50. The van der Waals surface area contributed by atoms with Crippen LogP contribution in [0, 0.1) is 22.9 Å². The number of rotatable bonds is 2. The van der Waals surface area contributed by atoms with Gasteiger partial charge >= 0.3 is 0 Å². The van der Waals surface area contributed by atoms with Crippen LogP contribution >= 0.6 is 12.2 Å². The lowest BCUT2D eigenvalue weighted by atomic mass is 9.97. The number of aliphatic hydroxyl groups is 3. The predicted octanol–water partition coefficient (Wildman–Crippen LogP) is -1.34. The summed E-state index contributed by atoms with van der Waals surface area (Å²) in [6, 6.07) is 0. The number of hydrogen-bond acceptors (Lipinski definition) is 6. The Balaban J connectivity index is 2.51. The van der Waals surface area contributed by atoms with Crippen LogP contribution in [0.5, 0.6) is 0 Å². The van der Waals surface area contributed by atoms with Gasteiger partial charge in [-0.25, -0.2) is 0 Å². The molecule has 108 valence electrons. The summed E-state index contributed by atoms with van der Waals surface area (Å²) in [5, 5.41) is 29.0. The second-order valence-electron chi connectivity index (χ2n) is 4.28. The fourth-order valence-corrected chi connectivity index (χ4v) is 2.20. The number of halogens is 1. The Labute approximate surface area is 117 Å². The molecule has 2 rings (SSSR count). The number of hydrogen-bond donors (Lipinski definition) is 4. The monoisotopic (exact) mass is 302 g/mol. The molecule has 0 amide bonds. The lowest BCUT2D eigenvalue weighted by Gasteiger charge is -2.23. The molecule has 0 spiro atoms. The van der Waals surface area contributed by atoms with Gasteiger partial charge in [0.1, 0.15) is 12.2 Å². The molecule has 1 saturated heterocycles. The highest BCUT2D eigenvalue weighted by atomic mass is 32.1. The Kier molecular flexibility index (Phi) is 3.77. The lowest BCUT2D eigenvalue weighted by Crippen LogP contribution is -2.44. The van der Waals surface area contributed by atoms with E-state index in [1.165, 1.54) is 0 Å². The predicted molar refractivity (Wildman–Crippen MR) is 66.6 cm³/mol. The molecular weight excluding hydrogens is 291 g/mol. The van der Waals surface area contributed by atoms with Crippen LogP contribution in [-0.2, 0) is 4.74 Å². The number of terminal acetylenes is 1. The van der Waals surface area contributed by atoms with Crippen molar-refractivity contribution in [2.24, 2.45) is 0 Å². The molecule has 1 aliphatic rings. The Morgan fingerprint density at radius 1 is 1.65 bits per heavy atom. The van der Waals surface area contributed by atoms with Crippen molar-refractivity contribution in [3.63, 3.8) is 0 Å². The van der Waals surface area contributed by atoms with Gasteiger partial charge in [-0.05, 0) is 12.2 Å². The van der Waals surface area contributed by atoms with Gasteiger partial charge in [0.25, 0.3) is 5.56 Å². The topological polar surface area (TPSA) is 108 Å². The lowest BCUT2D eigenvalue weighted by molar-refractivity contribution is -0.0933. The van der Waals surface area contributed by atoms with Gasteiger partial charge in [-0.15, -0.1) is 6.42 Å². The molecule has 1 unspecified atom stereocenters. The minimum Gasteiger partial charge on any atom is -0.392 e. The van der Waals surface area contributed by atoms with E-state index < -0.39 is 42.0 Å². The van der Waals surface area contributed by atoms with Crippen LogP contribution in [-0.4, -0.2) is 49.3 Å². The minimum absolute atomic E-state index is 0.224. The number of ether oxygens (including phenoxy) is 1. The normalized spacial score (nSPS) is 33.0. The smallest absolute Gasteiger partial charge is 0.287 e. The van der Waals surface area contributed by atoms with E-state index >= 15 is 0 Å². The van der Waals surface area contributed by atoms with Gasteiger partial charge in [0.2, 0.25) is 5.82 Å². The molecular formula is C11H11FN2O5S. The summed E-state index contributed by atoms with van der Waals surface area (Å²) in [6.07, 6.45) is 1.42. The molecule has 9 heteroatoms. The Hall–Kier alpha value is -1.57. The molecule has 1 aromatic rings. The fraction of sp³-hybridized carbons (Fsp3) is 0.455. The van der Waals surface area contributed by atoms with Crippen LogP contribution in [0.1, 0.15) is 6.23 Å². The second-order valence-corrected chi connectivity index (χ2v) is 4.67. The van der Waals surface area contributed by atoms with Gasteiger partial charge in [0.05, 0.1) is 12.8 Å². The van der Waals surface area contributed by atoms with Crippen molar-refractivity contribution in [3.8, 4) is 12.3 Å². The highest BCUT2D eigenvalue weighted by Crippen LogP contribution is 2.36. The number of aliphatic hydroxyl groups excluding tert-OH is 3. The number of aromatic nitrogens is 2. The van der Waals surface area contributed by atoms with Gasteiger partial charge in [0, 0.05) is 0 Å². The second kappa shape index (κ2) is 5.08. The van der Waals surface area contributed by atoms with E-state index in [0.29, 0.717) is 0 Å². The molecule has 0 aromatic carbocycles. The molecule has 0 bridgehead atoms. The third-order valence-corrected chi connectivity index (χ3v) is 3.42. The number of aromatic amines is 1. The van der Waals surface area contributed by atoms with Gasteiger partial charge < -0.3 is 20.1 Å². The quantitative estimate of drug-likeness (QED) is 0.398. The average molecular weight is 302 g/mol. The Morgan fingerprint density at radius 3 is 2.80 bits per heavy atom. The fourth-order valence-electron chi connectivity index (χ4n) is 1.95. The van der Waals surface area contributed by atoms with Crippen LogP contribution in [0.25, 0.3) is 0 Å². The van der Waals surface area contributed by atoms with Crippen molar-refractivity contribution in [1.82, 2.24) is 9.55 Å². The number of H-pyrrole nitrogens is 1. The molecule has 1 aromatic heterocycles. The zero-order chi connectivity index (χ0) is 15.1. The first-order valence-corrected chi connectivity index (χ1v) is 5.90. The summed E-state index contributed by atoms with van der Waals surface area (Å²) < 4.78 is 19.2. The highest BCUT2D eigenvalue weighted by molar-refractivity contribution is 7.71. The van der Waals surface area contributed by atoms with E-state index in [-0.39, 0.29) is 4.77 Å². The average Bonchev–Trinajstić information content (AvgIpc) is 2.68. The molecule has 0 radical (unpaired) electrons. The summed E-state index contributed by atoms with van der Waals surface area (Å²) in [4.78, 5) is 13.1. The van der Waals surface area contributed by atoms with Gasteiger partial charge in [-0.3, -0.25) is 14.3 Å². The van der Waals surface area contributed by atoms with Crippen molar-refractivity contribution in [2.45, 2.75) is 24.0 Å². The third-order valence-electron chi connectivity index (χ3n) is 3.10. The van der Waals surface area contributed by atoms with Crippen LogP contribution in [0.15, 0.2) is 11.0 Å². The Morgan fingerprint density at radius 2 is 2.30 bits per heavy atom.